The molecule has 20 heavy (non-hydrogen) atoms. The lowest BCUT2D eigenvalue weighted by Crippen LogP contribution is -1.93. The zero-order valence-electron chi connectivity index (χ0n) is 15.1. The van der Waals surface area contributed by atoms with Crippen molar-refractivity contribution in [2.24, 2.45) is 0 Å². The molecule has 0 rings (SSSR count). The highest BCUT2D eigenvalue weighted by molar-refractivity contribution is 6.47. The van der Waals surface area contributed by atoms with Gasteiger partial charge in [-0.3, -0.25) is 0 Å². The van der Waals surface area contributed by atoms with Crippen LogP contribution in [0.25, 0.3) is 0 Å². The van der Waals surface area contributed by atoms with Gasteiger partial charge in [-0.05, 0) is 65.5 Å². The molecule has 0 aliphatic heterocycles. The molecule has 0 saturated heterocycles. The van der Waals surface area contributed by atoms with E-state index >= 15 is 0 Å². The first-order chi connectivity index (χ1) is 8.66. The van der Waals surface area contributed by atoms with Crippen LogP contribution in [-0.4, -0.2) is 69.2 Å². The fraction of sp³-hybridized carbons (Fsp3) is 1.00. The third-order valence-corrected chi connectivity index (χ3v) is 0. The predicted octanol–water partition coefficient (Wildman–Crippen LogP) is -0.190. The quantitative estimate of drug-likeness (QED) is 0.375. The van der Waals surface area contributed by atoms with Gasteiger partial charge in [0.15, 0.2) is 45.2 Å². The third kappa shape index (κ3) is 7720. The molecule has 5 nitrogen and oxygen atoms in total. The summed E-state index contributed by atoms with van der Waals surface area (Å²) in [4.78, 5) is 41.0. The smallest absolute Gasteiger partial charge is 0.166 e. The molecule has 0 radical (unpaired) electrons. The van der Waals surface area contributed by atoms with E-state index < -0.39 is 45.2 Å². The molecule has 130 valence electrons. The van der Waals surface area contributed by atoms with Gasteiger partial charge in [-0.2, -0.15) is 0 Å². The van der Waals surface area contributed by atoms with Crippen molar-refractivity contribution in [2.75, 3.05) is 0 Å². The first-order valence-corrected chi connectivity index (χ1v) is 21.2. The summed E-state index contributed by atoms with van der Waals surface area (Å²) < 4.78 is 0. The summed E-state index contributed by atoms with van der Waals surface area (Å²) in [7, 11) is -5.69. The Kier molecular flexibility index (Phi) is 46.0. The van der Waals surface area contributed by atoms with Crippen molar-refractivity contribution >= 4 is 45.2 Å². The fourth-order valence-electron chi connectivity index (χ4n) is 0. The van der Waals surface area contributed by atoms with E-state index in [4.69, 9.17) is 24.0 Å². The Hall–Kier alpha value is 0.884. The molecule has 0 aliphatic rings. The van der Waals surface area contributed by atoms with Crippen LogP contribution in [0.3, 0.4) is 0 Å². The predicted molar refractivity (Wildman–Crippen MR) is 105 cm³/mol. The van der Waals surface area contributed by atoms with Gasteiger partial charge in [0.05, 0.1) is 0 Å². The molecule has 0 aromatic rings. The lowest BCUT2D eigenvalue weighted by molar-refractivity contribution is 0.586. The Balaban J connectivity index is -0.0000000469. The molecule has 0 saturated carbocycles. The Morgan fingerprint density at radius 1 is 0.300 bits per heavy atom. The van der Waals surface area contributed by atoms with Gasteiger partial charge in [0, 0.05) is 0 Å². The van der Waals surface area contributed by atoms with Gasteiger partial charge in [0.25, 0.3) is 0 Å². The molecule has 0 unspecified atom stereocenters. The van der Waals surface area contributed by atoms with Crippen LogP contribution < -0.4 is 0 Å². The first kappa shape index (κ1) is 32.7. The summed E-state index contributed by atoms with van der Waals surface area (Å²) in [5.41, 5.74) is 0. The molecule has 10 heteroatoms. The zero-order valence-corrected chi connectivity index (χ0v) is 20.9. The van der Waals surface area contributed by atoms with Gasteiger partial charge in [-0.1, -0.05) is 0 Å². The number of rotatable bonds is 0. The minimum atomic E-state index is -1.14. The molecule has 0 bridgehead atoms. The SMILES string of the molecule is C[SiH](C)O.C[SiH](C)O.C[SiH](C)O.C[SiH](C)O.C[SiH](C)O. The molecule has 0 aromatic heterocycles. The zero-order chi connectivity index (χ0) is 17.9. The highest BCUT2D eigenvalue weighted by atomic mass is 28.3. The maximum absolute atomic E-state index is 8.19. The van der Waals surface area contributed by atoms with Crippen molar-refractivity contribution < 1.29 is 24.0 Å². The Morgan fingerprint density at radius 2 is 0.300 bits per heavy atom. The summed E-state index contributed by atoms with van der Waals surface area (Å²) in [5.74, 6) is 0. The minimum Gasteiger partial charge on any atom is -0.435 e. The maximum Gasteiger partial charge on any atom is 0.166 e. The first-order valence-electron chi connectivity index (χ1n) is 7.06. The van der Waals surface area contributed by atoms with Gasteiger partial charge in [0.1, 0.15) is 0 Å². The standard InChI is InChI=1S/5C2H8OSi/c5*1-4(2)3/h5*3-4H,1-2H3. The summed E-state index contributed by atoms with van der Waals surface area (Å²) in [6.07, 6.45) is 0. The van der Waals surface area contributed by atoms with E-state index in [1.807, 2.05) is 65.5 Å². The highest BCUT2D eigenvalue weighted by Crippen LogP contribution is 1.61. The summed E-state index contributed by atoms with van der Waals surface area (Å²) >= 11 is 0. The van der Waals surface area contributed by atoms with Crippen molar-refractivity contribution in [3.05, 3.63) is 0 Å². The number of hydrogen-bond donors (Lipinski definition) is 5. The van der Waals surface area contributed by atoms with Gasteiger partial charge in [-0.15, -0.1) is 0 Å². The molecule has 0 fully saturated rings. The van der Waals surface area contributed by atoms with E-state index in [1.54, 1.807) is 0 Å². The van der Waals surface area contributed by atoms with Gasteiger partial charge < -0.3 is 24.0 Å². The van der Waals surface area contributed by atoms with E-state index in [9.17, 15) is 0 Å². The molecular formula is C10H40O5Si5. The maximum atomic E-state index is 8.19. The van der Waals surface area contributed by atoms with Gasteiger partial charge >= 0.3 is 0 Å². The topological polar surface area (TPSA) is 101 Å². The van der Waals surface area contributed by atoms with Gasteiger partial charge in [-0.25, -0.2) is 0 Å². The van der Waals surface area contributed by atoms with Crippen LogP contribution in [0.15, 0.2) is 0 Å². The van der Waals surface area contributed by atoms with Gasteiger partial charge in [0.2, 0.25) is 0 Å². The Bertz CT molecular complexity index is 88.6. The van der Waals surface area contributed by atoms with Crippen molar-refractivity contribution in [3.8, 4) is 0 Å². The molecule has 0 heterocycles. The van der Waals surface area contributed by atoms with Crippen LogP contribution in [0.2, 0.25) is 65.5 Å². The molecule has 0 aromatic carbocycles. The van der Waals surface area contributed by atoms with Crippen molar-refractivity contribution in [2.45, 2.75) is 65.5 Å². The summed E-state index contributed by atoms with van der Waals surface area (Å²) in [6.45, 7) is 18.6. The van der Waals surface area contributed by atoms with E-state index in [1.165, 1.54) is 0 Å². The Labute approximate surface area is 135 Å². The third-order valence-electron chi connectivity index (χ3n) is 0. The minimum absolute atomic E-state index is 1.14. The van der Waals surface area contributed by atoms with E-state index in [2.05, 4.69) is 0 Å². The van der Waals surface area contributed by atoms with Crippen LogP contribution in [0, 0.1) is 0 Å². The van der Waals surface area contributed by atoms with Crippen LogP contribution in [0.1, 0.15) is 0 Å². The highest BCUT2D eigenvalue weighted by Gasteiger charge is 1.76. The second-order valence-corrected chi connectivity index (χ2v) is 16.4. The molecule has 0 aliphatic carbocycles. The fourth-order valence-corrected chi connectivity index (χ4v) is 0. The van der Waals surface area contributed by atoms with Crippen molar-refractivity contribution in [3.63, 3.8) is 0 Å². The lowest BCUT2D eigenvalue weighted by atomic mass is 11.9. The monoisotopic (exact) mass is 380 g/mol. The molecular weight excluding hydrogens is 341 g/mol. The largest absolute Gasteiger partial charge is 0.435 e. The second kappa shape index (κ2) is 28.1. The van der Waals surface area contributed by atoms with Crippen LogP contribution in [0.5, 0.6) is 0 Å². The average Bonchev–Trinajstić information content (AvgIpc) is 1.94. The van der Waals surface area contributed by atoms with E-state index in [-0.39, 0.29) is 0 Å². The molecule has 0 spiro atoms. The second-order valence-electron chi connectivity index (χ2n) is 5.47. The van der Waals surface area contributed by atoms with E-state index in [0.717, 1.165) is 0 Å². The summed E-state index contributed by atoms with van der Waals surface area (Å²) in [5, 5.41) is 0. The lowest BCUT2D eigenvalue weighted by Gasteiger charge is -1.76. The van der Waals surface area contributed by atoms with Crippen LogP contribution in [0.4, 0.5) is 0 Å². The average molecular weight is 381 g/mol. The van der Waals surface area contributed by atoms with Crippen molar-refractivity contribution in [1.29, 1.82) is 0 Å². The van der Waals surface area contributed by atoms with Crippen LogP contribution >= 0.6 is 0 Å². The van der Waals surface area contributed by atoms with Crippen LogP contribution in [-0.2, 0) is 0 Å². The Morgan fingerprint density at radius 3 is 0.300 bits per heavy atom. The van der Waals surface area contributed by atoms with E-state index in [0.29, 0.717) is 0 Å². The molecule has 0 amide bonds. The normalized spacial score (nSPS) is 9.00. The van der Waals surface area contributed by atoms with Crippen molar-refractivity contribution in [1.82, 2.24) is 0 Å². The molecule has 5 N–H and O–H groups in total. The number of hydrogen-bond acceptors (Lipinski definition) is 5. The summed E-state index contributed by atoms with van der Waals surface area (Å²) in [6, 6.07) is 0. The molecule has 0 atom stereocenters.